The van der Waals surface area contributed by atoms with Crippen molar-refractivity contribution in [2.24, 2.45) is 0 Å². The van der Waals surface area contributed by atoms with Crippen LogP contribution in [0.3, 0.4) is 0 Å². The maximum absolute atomic E-state index is 6.69. The Hall–Kier alpha value is 0.0777. The molecule has 0 spiro atoms. The van der Waals surface area contributed by atoms with E-state index in [1.165, 1.54) is 72.0 Å². The van der Waals surface area contributed by atoms with Gasteiger partial charge in [0.05, 0.1) is 0 Å². The van der Waals surface area contributed by atoms with E-state index >= 15 is 0 Å². The van der Waals surface area contributed by atoms with Gasteiger partial charge < -0.3 is 11.2 Å². The zero-order valence-electron chi connectivity index (χ0n) is 23.0. The fraction of sp³-hybridized carbons (Fsp3) is 0.438. The molecule has 1 saturated heterocycles. The van der Waals surface area contributed by atoms with Gasteiger partial charge in [0, 0.05) is 53.6 Å². The maximum atomic E-state index is 6.69. The molecule has 34 heavy (non-hydrogen) atoms. The number of rotatable bonds is 0. The molecule has 4 rings (SSSR count). The van der Waals surface area contributed by atoms with Gasteiger partial charge in [-0.2, -0.15) is 0 Å². The monoisotopic (exact) mass is 595 g/mol. The van der Waals surface area contributed by atoms with Crippen molar-refractivity contribution in [2.45, 2.75) is 82.1 Å². The third kappa shape index (κ3) is 10.2. The van der Waals surface area contributed by atoms with Gasteiger partial charge in [-0.1, -0.05) is 87.4 Å². The Kier molecular flexibility index (Phi) is 17.6. The second-order valence-electron chi connectivity index (χ2n) is 9.06. The van der Waals surface area contributed by atoms with E-state index in [1.807, 2.05) is 30.3 Å². The summed E-state index contributed by atoms with van der Waals surface area (Å²) in [5.74, 6) is 17.0. The number of ether oxygens (including phenoxy) is 1. The summed E-state index contributed by atoms with van der Waals surface area (Å²) < 4.78 is 4.94. The van der Waals surface area contributed by atoms with Crippen LogP contribution in [0, 0.1) is 112 Å². The fourth-order valence-electron chi connectivity index (χ4n) is 3.84. The minimum absolute atomic E-state index is 0. The quantitative estimate of drug-likeness (QED) is 0.217. The van der Waals surface area contributed by atoms with Crippen molar-refractivity contribution < 1.29 is 45.1 Å². The molecule has 10 radical (unpaired) electrons. The van der Waals surface area contributed by atoms with Crippen LogP contribution in [0.1, 0.15) is 87.6 Å². The summed E-state index contributed by atoms with van der Waals surface area (Å²) in [5.41, 5.74) is 0.826. The summed E-state index contributed by atoms with van der Waals surface area (Å²) in [6.45, 7) is 24.0. The molecule has 0 amide bonds. The van der Waals surface area contributed by atoms with Crippen molar-refractivity contribution in [1.82, 2.24) is 0 Å². The molecule has 0 aromatic heterocycles. The van der Waals surface area contributed by atoms with Crippen molar-refractivity contribution in [3.05, 3.63) is 101 Å². The van der Waals surface area contributed by atoms with Gasteiger partial charge in [0.15, 0.2) is 0 Å². The topological polar surface area (TPSA) is 9.23 Å². The third-order valence-corrected chi connectivity index (χ3v) is 7.37. The molecule has 184 valence electrons. The molecule has 2 heteroatoms. The Morgan fingerprint density at radius 3 is 0.941 bits per heavy atom. The molecular formula is C32H43OSm-. The molecular weight excluding hydrogens is 551 g/mol. The Labute approximate surface area is 246 Å². The molecule has 1 aromatic carbocycles. The van der Waals surface area contributed by atoms with Crippen LogP contribution in [0.25, 0.3) is 0 Å². The summed E-state index contributed by atoms with van der Waals surface area (Å²) in [7, 11) is 0. The predicted molar refractivity (Wildman–Crippen MR) is 142 cm³/mol. The predicted octanol–water partition coefficient (Wildman–Crippen LogP) is 8.37. The van der Waals surface area contributed by atoms with Crippen LogP contribution < -0.4 is 0 Å². The molecule has 0 N–H and O–H groups in total. The second kappa shape index (κ2) is 17.5. The Morgan fingerprint density at radius 2 is 0.794 bits per heavy atom. The molecule has 3 aliphatic rings. The summed E-state index contributed by atoms with van der Waals surface area (Å²) in [6, 6.07) is 9.37. The fourth-order valence-corrected chi connectivity index (χ4v) is 3.84. The summed E-state index contributed by atoms with van der Waals surface area (Å²) >= 11 is 0. The number of benzene rings is 1. The summed E-state index contributed by atoms with van der Waals surface area (Å²) in [6.07, 6.45) is 9.25. The minimum Gasteiger partial charge on any atom is -0.381 e. The van der Waals surface area contributed by atoms with Crippen molar-refractivity contribution in [3.8, 4) is 5.92 Å². The van der Waals surface area contributed by atoms with E-state index in [2.05, 4.69) is 75.2 Å². The first kappa shape index (κ1) is 34.1. The third-order valence-electron chi connectivity index (χ3n) is 7.37. The van der Waals surface area contributed by atoms with Crippen LogP contribution in [0.15, 0.2) is 30.3 Å². The minimum atomic E-state index is 0. The smallest absolute Gasteiger partial charge is 0.0466 e. The van der Waals surface area contributed by atoms with Crippen LogP contribution in [-0.2, 0) is 4.74 Å². The molecule has 2 saturated carbocycles. The molecule has 2 aliphatic carbocycles. The van der Waals surface area contributed by atoms with Crippen molar-refractivity contribution in [1.29, 1.82) is 0 Å². The number of hydrogen-bond acceptors (Lipinski definition) is 1. The van der Waals surface area contributed by atoms with Gasteiger partial charge in [0.25, 0.3) is 0 Å². The van der Waals surface area contributed by atoms with Crippen LogP contribution in [0.4, 0.5) is 0 Å². The second-order valence-corrected chi connectivity index (χ2v) is 9.06. The molecule has 1 aromatic rings. The van der Waals surface area contributed by atoms with E-state index < -0.39 is 0 Å². The zero-order valence-corrected chi connectivity index (χ0v) is 25.7. The SMILES string of the molecule is C1CCOC1.C[C]1[C](C)[C](C)[C](C)[C]1C.C[C]1[C](C)[C](C)[C](C)[C]1C.[C-]#Cc1ccccc1.[Sm]. The van der Waals surface area contributed by atoms with E-state index in [4.69, 9.17) is 11.2 Å². The van der Waals surface area contributed by atoms with Crippen molar-refractivity contribution in [2.75, 3.05) is 13.2 Å². The molecule has 1 aliphatic heterocycles. The average molecular weight is 594 g/mol. The van der Waals surface area contributed by atoms with Gasteiger partial charge in [0.2, 0.25) is 0 Å². The molecule has 0 unspecified atom stereocenters. The van der Waals surface area contributed by atoms with Gasteiger partial charge in [-0.3, -0.25) is 5.92 Å². The first-order valence-corrected chi connectivity index (χ1v) is 12.0. The molecule has 1 heterocycles. The van der Waals surface area contributed by atoms with Crippen LogP contribution in [-0.4, -0.2) is 13.2 Å². The van der Waals surface area contributed by atoms with Gasteiger partial charge >= 0.3 is 0 Å². The first-order chi connectivity index (χ1) is 15.5. The van der Waals surface area contributed by atoms with Gasteiger partial charge in [-0.15, -0.1) is 17.7 Å². The molecule has 0 bridgehead atoms. The zero-order chi connectivity index (χ0) is 25.1. The largest absolute Gasteiger partial charge is 0.381 e. The van der Waals surface area contributed by atoms with E-state index in [0.29, 0.717) is 0 Å². The van der Waals surface area contributed by atoms with Crippen LogP contribution in [0.5, 0.6) is 0 Å². The molecule has 3 fully saturated rings. The van der Waals surface area contributed by atoms with Gasteiger partial charge in [-0.25, -0.2) is 0 Å². The van der Waals surface area contributed by atoms with E-state index in [9.17, 15) is 0 Å². The van der Waals surface area contributed by atoms with Crippen LogP contribution in [0.2, 0.25) is 0 Å². The van der Waals surface area contributed by atoms with Gasteiger partial charge in [-0.05, 0) is 72.0 Å². The Bertz CT molecular complexity index is 549. The van der Waals surface area contributed by atoms with Crippen molar-refractivity contribution >= 4 is 0 Å². The average Bonchev–Trinajstić information content (AvgIpc) is 3.53. The summed E-state index contributed by atoms with van der Waals surface area (Å²) in [5, 5.41) is 0. The standard InChI is InChI=1S/2C10H15.C8H5.C4H8O.Sm/c2*1-6-7(2)9(4)10(5)8(6)3;1-2-8-6-4-3-5-7-8;1-2-4-5-3-1;/h2*1-5H3;3-7H;1-4H2;/q;;-1;;. The normalized spacial score (nSPS) is 22.1. The maximum Gasteiger partial charge on any atom is 0.0466 e. The van der Waals surface area contributed by atoms with Gasteiger partial charge in [0.1, 0.15) is 0 Å². The van der Waals surface area contributed by atoms with E-state index in [0.717, 1.165) is 18.8 Å². The summed E-state index contributed by atoms with van der Waals surface area (Å²) in [4.78, 5) is 0. The molecule has 0 atom stereocenters. The van der Waals surface area contributed by atoms with Crippen molar-refractivity contribution in [3.63, 3.8) is 0 Å². The van der Waals surface area contributed by atoms with E-state index in [1.54, 1.807) is 0 Å². The van der Waals surface area contributed by atoms with Crippen LogP contribution >= 0.6 is 0 Å². The molecule has 1 nitrogen and oxygen atoms in total. The van der Waals surface area contributed by atoms with E-state index in [-0.39, 0.29) is 40.4 Å². The Balaban J connectivity index is 0.000000433. The Morgan fingerprint density at radius 1 is 0.529 bits per heavy atom. The first-order valence-electron chi connectivity index (χ1n) is 12.0. The number of hydrogen-bond donors (Lipinski definition) is 0.